The largest absolute Gasteiger partial charge is 0.506 e. The molecule has 110 valence electrons. The minimum atomic E-state index is 0.364. The van der Waals surface area contributed by atoms with E-state index >= 15 is 0 Å². The van der Waals surface area contributed by atoms with E-state index in [2.05, 4.69) is 56.1 Å². The number of hydrogen-bond donors (Lipinski definition) is 1. The molecule has 4 heteroatoms. The Morgan fingerprint density at radius 2 is 1.62 bits per heavy atom. The lowest BCUT2D eigenvalue weighted by molar-refractivity contribution is 0.246. The van der Waals surface area contributed by atoms with Crippen LogP contribution in [0.4, 0.5) is 5.69 Å². The Morgan fingerprint density at radius 1 is 0.905 bits per heavy atom. The first-order chi connectivity index (χ1) is 10.2. The first-order valence-electron chi connectivity index (χ1n) is 7.23. The van der Waals surface area contributed by atoms with Gasteiger partial charge in [0.2, 0.25) is 0 Å². The molecule has 0 aliphatic carbocycles. The Labute approximate surface area is 133 Å². The van der Waals surface area contributed by atoms with Crippen LogP contribution in [0.2, 0.25) is 0 Å². The average Bonchev–Trinajstić information content (AvgIpc) is 2.53. The maximum Gasteiger partial charge on any atom is 0.134 e. The smallest absolute Gasteiger partial charge is 0.134 e. The molecule has 0 radical (unpaired) electrons. The SMILES string of the molecule is Oc1c(Br)cccc1CN1CCN(c2ccccc2)CC1. The van der Waals surface area contributed by atoms with Crippen molar-refractivity contribution in [2.75, 3.05) is 31.1 Å². The topological polar surface area (TPSA) is 26.7 Å². The Morgan fingerprint density at radius 3 is 2.33 bits per heavy atom. The number of hydrogen-bond acceptors (Lipinski definition) is 3. The van der Waals surface area contributed by atoms with Crippen molar-refractivity contribution in [1.82, 2.24) is 4.90 Å². The van der Waals surface area contributed by atoms with Gasteiger partial charge in [-0.25, -0.2) is 0 Å². The van der Waals surface area contributed by atoms with Gasteiger partial charge in [-0.3, -0.25) is 4.90 Å². The van der Waals surface area contributed by atoms with Crippen LogP contribution in [0.5, 0.6) is 5.75 Å². The summed E-state index contributed by atoms with van der Waals surface area (Å²) in [6, 6.07) is 16.4. The van der Waals surface area contributed by atoms with Gasteiger partial charge in [0.25, 0.3) is 0 Å². The molecule has 3 rings (SSSR count). The quantitative estimate of drug-likeness (QED) is 0.921. The lowest BCUT2D eigenvalue weighted by Crippen LogP contribution is -2.45. The Balaban J connectivity index is 1.60. The average molecular weight is 347 g/mol. The van der Waals surface area contributed by atoms with Crippen molar-refractivity contribution in [2.24, 2.45) is 0 Å². The fourth-order valence-electron chi connectivity index (χ4n) is 2.73. The number of aromatic hydroxyl groups is 1. The molecular weight excluding hydrogens is 328 g/mol. The van der Waals surface area contributed by atoms with Gasteiger partial charge in [-0.05, 0) is 34.1 Å². The summed E-state index contributed by atoms with van der Waals surface area (Å²) in [4.78, 5) is 4.80. The monoisotopic (exact) mass is 346 g/mol. The fourth-order valence-corrected chi connectivity index (χ4v) is 3.14. The molecule has 0 amide bonds. The minimum absolute atomic E-state index is 0.364. The van der Waals surface area contributed by atoms with Crippen LogP contribution in [-0.4, -0.2) is 36.2 Å². The standard InChI is InChI=1S/C17H19BrN2O/c18-16-8-4-5-14(17(16)21)13-19-9-11-20(12-10-19)15-6-2-1-3-7-15/h1-8,21H,9-13H2. The number of halogens is 1. The third kappa shape index (κ3) is 3.39. The van der Waals surface area contributed by atoms with E-state index in [9.17, 15) is 5.11 Å². The summed E-state index contributed by atoms with van der Waals surface area (Å²) in [5, 5.41) is 10.1. The molecule has 2 aromatic rings. The number of piperazine rings is 1. The van der Waals surface area contributed by atoms with Crippen LogP contribution in [0.25, 0.3) is 0 Å². The van der Waals surface area contributed by atoms with Crippen molar-refractivity contribution in [3.05, 3.63) is 58.6 Å². The van der Waals surface area contributed by atoms with Crippen LogP contribution >= 0.6 is 15.9 Å². The summed E-state index contributed by atoms with van der Waals surface area (Å²) in [6.07, 6.45) is 0. The molecule has 1 aliphatic rings. The van der Waals surface area contributed by atoms with E-state index < -0.39 is 0 Å². The number of phenolic OH excluding ortho intramolecular Hbond substituents is 1. The summed E-state index contributed by atoms with van der Waals surface area (Å²) in [7, 11) is 0. The third-order valence-electron chi connectivity index (χ3n) is 3.96. The van der Waals surface area contributed by atoms with E-state index in [1.165, 1.54) is 5.69 Å². The summed E-state index contributed by atoms with van der Waals surface area (Å²) >= 11 is 3.37. The van der Waals surface area contributed by atoms with Crippen molar-refractivity contribution in [1.29, 1.82) is 0 Å². The summed E-state index contributed by atoms with van der Waals surface area (Å²) in [5.74, 6) is 0.364. The zero-order chi connectivity index (χ0) is 14.7. The van der Waals surface area contributed by atoms with E-state index in [-0.39, 0.29) is 0 Å². The maximum atomic E-state index is 10.1. The highest BCUT2D eigenvalue weighted by molar-refractivity contribution is 9.10. The van der Waals surface area contributed by atoms with Crippen LogP contribution in [0, 0.1) is 0 Å². The van der Waals surface area contributed by atoms with Crippen molar-refractivity contribution >= 4 is 21.6 Å². The molecule has 1 N–H and O–H groups in total. The lowest BCUT2D eigenvalue weighted by atomic mass is 10.1. The van der Waals surface area contributed by atoms with Gasteiger partial charge < -0.3 is 10.0 Å². The van der Waals surface area contributed by atoms with Crippen LogP contribution < -0.4 is 4.90 Å². The number of nitrogens with zero attached hydrogens (tertiary/aromatic N) is 2. The lowest BCUT2D eigenvalue weighted by Gasteiger charge is -2.36. The zero-order valence-electron chi connectivity index (χ0n) is 11.9. The molecule has 0 aromatic heterocycles. The van der Waals surface area contributed by atoms with Gasteiger partial charge in [0.1, 0.15) is 5.75 Å². The van der Waals surface area contributed by atoms with E-state index in [0.717, 1.165) is 42.8 Å². The molecule has 1 heterocycles. The van der Waals surface area contributed by atoms with Gasteiger partial charge in [0.05, 0.1) is 4.47 Å². The molecule has 0 saturated carbocycles. The van der Waals surface area contributed by atoms with Gasteiger partial charge >= 0.3 is 0 Å². The van der Waals surface area contributed by atoms with Crippen molar-refractivity contribution in [3.63, 3.8) is 0 Å². The summed E-state index contributed by atoms with van der Waals surface area (Å²) in [6.45, 7) is 4.88. The second kappa shape index (κ2) is 6.50. The highest BCUT2D eigenvalue weighted by atomic mass is 79.9. The molecular formula is C17H19BrN2O. The second-order valence-electron chi connectivity index (χ2n) is 5.35. The zero-order valence-corrected chi connectivity index (χ0v) is 13.5. The normalized spacial score (nSPS) is 16.1. The van der Waals surface area contributed by atoms with Crippen molar-refractivity contribution < 1.29 is 5.11 Å². The Bertz CT molecular complexity index is 595. The number of rotatable bonds is 3. The molecule has 0 spiro atoms. The number of anilines is 1. The Hall–Kier alpha value is -1.52. The molecule has 1 saturated heterocycles. The van der Waals surface area contributed by atoms with Gasteiger partial charge in [0, 0.05) is 44.0 Å². The molecule has 0 bridgehead atoms. The van der Waals surface area contributed by atoms with Gasteiger partial charge in [-0.15, -0.1) is 0 Å². The van der Waals surface area contributed by atoms with Crippen LogP contribution in [0.1, 0.15) is 5.56 Å². The van der Waals surface area contributed by atoms with Gasteiger partial charge in [0.15, 0.2) is 0 Å². The molecule has 1 aliphatic heterocycles. The molecule has 3 nitrogen and oxygen atoms in total. The van der Waals surface area contributed by atoms with E-state index in [0.29, 0.717) is 5.75 Å². The first-order valence-corrected chi connectivity index (χ1v) is 8.02. The van der Waals surface area contributed by atoms with Gasteiger partial charge in [-0.2, -0.15) is 0 Å². The van der Waals surface area contributed by atoms with Crippen LogP contribution in [0.15, 0.2) is 53.0 Å². The van der Waals surface area contributed by atoms with Crippen LogP contribution in [-0.2, 0) is 6.54 Å². The van der Waals surface area contributed by atoms with Crippen LogP contribution in [0.3, 0.4) is 0 Å². The predicted octanol–water partition coefficient (Wildman–Crippen LogP) is 3.48. The minimum Gasteiger partial charge on any atom is -0.506 e. The predicted molar refractivity (Wildman–Crippen MR) is 89.7 cm³/mol. The van der Waals surface area contributed by atoms with E-state index in [1.54, 1.807) is 0 Å². The van der Waals surface area contributed by atoms with Crippen molar-refractivity contribution in [2.45, 2.75) is 6.54 Å². The third-order valence-corrected chi connectivity index (χ3v) is 4.60. The highest BCUT2D eigenvalue weighted by Crippen LogP contribution is 2.28. The van der Waals surface area contributed by atoms with E-state index in [1.807, 2.05) is 18.2 Å². The molecule has 0 atom stereocenters. The number of para-hydroxylation sites is 2. The molecule has 21 heavy (non-hydrogen) atoms. The fraction of sp³-hybridized carbons (Fsp3) is 0.294. The first kappa shape index (κ1) is 14.4. The van der Waals surface area contributed by atoms with Crippen molar-refractivity contribution in [3.8, 4) is 5.75 Å². The second-order valence-corrected chi connectivity index (χ2v) is 6.20. The molecule has 2 aromatic carbocycles. The van der Waals surface area contributed by atoms with Gasteiger partial charge in [-0.1, -0.05) is 30.3 Å². The summed E-state index contributed by atoms with van der Waals surface area (Å²) < 4.78 is 0.767. The summed E-state index contributed by atoms with van der Waals surface area (Å²) in [5.41, 5.74) is 2.28. The number of benzene rings is 2. The highest BCUT2D eigenvalue weighted by Gasteiger charge is 2.18. The Kier molecular flexibility index (Phi) is 4.46. The molecule has 1 fully saturated rings. The molecule has 0 unspecified atom stereocenters. The number of phenols is 1. The van der Waals surface area contributed by atoms with E-state index in [4.69, 9.17) is 0 Å². The maximum absolute atomic E-state index is 10.1.